The Kier molecular flexibility index (Phi) is 9.86. The molecule has 0 bridgehead atoms. The second kappa shape index (κ2) is 11.9. The van der Waals surface area contributed by atoms with Crippen LogP contribution >= 0.6 is 34.8 Å². The van der Waals surface area contributed by atoms with Crippen LogP contribution in [0.4, 0.5) is 0 Å². The number of nitrogens with zero attached hydrogens (tertiary/aromatic N) is 3. The van der Waals surface area contributed by atoms with Gasteiger partial charge in [0.15, 0.2) is 0 Å². The number of imidazole rings is 1. The van der Waals surface area contributed by atoms with Crippen molar-refractivity contribution >= 4 is 51.8 Å². The van der Waals surface area contributed by atoms with Gasteiger partial charge in [-0.3, -0.25) is 9.69 Å². The number of aromatic nitrogens is 2. The number of benzene rings is 1. The fraction of sp³-hybridized carbons (Fsp3) is 0.600. The van der Waals surface area contributed by atoms with Crippen LogP contribution in [0, 0.1) is 0 Å². The van der Waals surface area contributed by atoms with Crippen molar-refractivity contribution in [1.82, 2.24) is 14.5 Å². The normalized spacial score (nSPS) is 12.6. The number of ether oxygens (including phenoxy) is 1. The lowest BCUT2D eigenvalue weighted by molar-refractivity contribution is -0.143. The van der Waals surface area contributed by atoms with Crippen molar-refractivity contribution < 1.29 is 9.53 Å². The van der Waals surface area contributed by atoms with Crippen molar-refractivity contribution in [2.45, 2.75) is 32.2 Å². The van der Waals surface area contributed by atoms with Gasteiger partial charge in [0, 0.05) is 56.7 Å². The van der Waals surface area contributed by atoms with Crippen LogP contribution in [0.15, 0.2) is 18.2 Å². The zero-order valence-corrected chi connectivity index (χ0v) is 18.7. The molecule has 1 unspecified atom stereocenters. The van der Waals surface area contributed by atoms with Crippen molar-refractivity contribution in [2.75, 3.05) is 37.3 Å². The third-order valence-corrected chi connectivity index (χ3v) is 5.43. The molecule has 5 nitrogen and oxygen atoms in total. The van der Waals surface area contributed by atoms with Gasteiger partial charge in [-0.1, -0.05) is 6.07 Å². The molecule has 2 rings (SSSR count). The molecule has 0 radical (unpaired) electrons. The topological polar surface area (TPSA) is 47.4 Å². The Morgan fingerprint density at radius 1 is 1.25 bits per heavy atom. The van der Waals surface area contributed by atoms with Crippen LogP contribution in [-0.4, -0.2) is 57.8 Å². The second-order valence-electron chi connectivity index (χ2n) is 6.58. The van der Waals surface area contributed by atoms with E-state index in [-0.39, 0.29) is 12.0 Å². The summed E-state index contributed by atoms with van der Waals surface area (Å²) in [6.45, 7) is 3.69. The molecule has 0 aliphatic heterocycles. The minimum absolute atomic E-state index is 0.0397. The van der Waals surface area contributed by atoms with E-state index in [2.05, 4.69) is 27.7 Å². The Morgan fingerprint density at radius 2 is 1.96 bits per heavy atom. The molecule has 0 aliphatic carbocycles. The summed E-state index contributed by atoms with van der Waals surface area (Å²) in [6.07, 6.45) is 1.84. The monoisotopic (exact) mass is 447 g/mol. The standard InChI is InChI=1S/C20H28Cl3N3O2/c1-3-28-20(27)6-4-5-19-24-16-13-15(7-8-17(16)25(19)2)18(14-23)26(11-9-21)12-10-22/h7-8,13,18H,3-6,9-12,14H2,1-2H3. The zero-order valence-electron chi connectivity index (χ0n) is 16.5. The number of carbonyl (C=O) groups is 1. The van der Waals surface area contributed by atoms with E-state index in [1.807, 2.05) is 14.0 Å². The molecule has 8 heteroatoms. The van der Waals surface area contributed by atoms with E-state index in [0.29, 0.717) is 37.1 Å². The third kappa shape index (κ3) is 5.99. The quantitative estimate of drug-likeness (QED) is 0.354. The van der Waals surface area contributed by atoms with Crippen LogP contribution in [0.3, 0.4) is 0 Å². The largest absolute Gasteiger partial charge is 0.466 e. The highest BCUT2D eigenvalue weighted by atomic mass is 35.5. The van der Waals surface area contributed by atoms with E-state index in [0.717, 1.165) is 41.9 Å². The van der Waals surface area contributed by atoms with E-state index in [9.17, 15) is 4.79 Å². The maximum atomic E-state index is 11.5. The molecule has 0 amide bonds. The molecule has 1 aromatic carbocycles. The lowest BCUT2D eigenvalue weighted by atomic mass is 10.1. The third-order valence-electron chi connectivity index (χ3n) is 4.80. The molecular formula is C20H28Cl3N3O2. The summed E-state index contributed by atoms with van der Waals surface area (Å²) in [4.78, 5) is 18.5. The van der Waals surface area contributed by atoms with E-state index in [4.69, 9.17) is 44.5 Å². The predicted octanol–water partition coefficient (Wildman–Crippen LogP) is 4.52. The maximum absolute atomic E-state index is 11.5. The van der Waals surface area contributed by atoms with Crippen LogP contribution in [0.25, 0.3) is 11.0 Å². The molecule has 1 atom stereocenters. The molecular weight excluding hydrogens is 421 g/mol. The van der Waals surface area contributed by atoms with Crippen molar-refractivity contribution in [2.24, 2.45) is 7.05 Å². The molecule has 0 aliphatic rings. The fourth-order valence-electron chi connectivity index (χ4n) is 3.36. The Morgan fingerprint density at radius 3 is 2.57 bits per heavy atom. The minimum Gasteiger partial charge on any atom is -0.466 e. The SMILES string of the molecule is CCOC(=O)CCCc1nc2cc(C(CCl)N(CCCl)CCCl)ccc2n1C. The number of carbonyl (C=O) groups excluding carboxylic acids is 1. The molecule has 28 heavy (non-hydrogen) atoms. The summed E-state index contributed by atoms with van der Waals surface area (Å²) in [5.41, 5.74) is 3.09. The molecule has 0 fully saturated rings. The summed E-state index contributed by atoms with van der Waals surface area (Å²) >= 11 is 18.2. The van der Waals surface area contributed by atoms with Gasteiger partial charge in [0.1, 0.15) is 5.82 Å². The van der Waals surface area contributed by atoms with Crippen LogP contribution in [0.2, 0.25) is 0 Å². The number of rotatable bonds is 12. The smallest absolute Gasteiger partial charge is 0.305 e. The van der Waals surface area contributed by atoms with Crippen LogP contribution in [0.5, 0.6) is 0 Å². The molecule has 0 spiro atoms. The Bertz CT molecular complexity index is 760. The maximum Gasteiger partial charge on any atom is 0.305 e. The van der Waals surface area contributed by atoms with E-state index in [1.165, 1.54) is 0 Å². The molecule has 0 N–H and O–H groups in total. The number of fused-ring (bicyclic) bond motifs is 1. The van der Waals surface area contributed by atoms with Gasteiger partial charge in [-0.05, 0) is 31.0 Å². The molecule has 0 saturated heterocycles. The molecule has 1 aromatic heterocycles. The highest BCUT2D eigenvalue weighted by Crippen LogP contribution is 2.26. The van der Waals surface area contributed by atoms with E-state index < -0.39 is 0 Å². The van der Waals surface area contributed by atoms with Gasteiger partial charge in [0.25, 0.3) is 0 Å². The molecule has 0 saturated carbocycles. The highest BCUT2D eigenvalue weighted by molar-refractivity contribution is 6.19. The van der Waals surface area contributed by atoms with Crippen LogP contribution < -0.4 is 0 Å². The summed E-state index contributed by atoms with van der Waals surface area (Å²) in [7, 11) is 2.00. The lowest BCUT2D eigenvalue weighted by Crippen LogP contribution is -2.33. The first kappa shape index (κ1) is 23.3. The van der Waals surface area contributed by atoms with Gasteiger partial charge in [-0.25, -0.2) is 4.98 Å². The van der Waals surface area contributed by atoms with E-state index >= 15 is 0 Å². The first-order valence-electron chi connectivity index (χ1n) is 9.58. The number of aryl methyl sites for hydroxylation is 2. The number of esters is 1. The van der Waals surface area contributed by atoms with Gasteiger partial charge >= 0.3 is 5.97 Å². The van der Waals surface area contributed by atoms with Crippen LogP contribution in [0.1, 0.15) is 37.2 Å². The zero-order chi connectivity index (χ0) is 20.5. The number of hydrogen-bond donors (Lipinski definition) is 0. The highest BCUT2D eigenvalue weighted by Gasteiger charge is 2.20. The number of halogens is 3. The van der Waals surface area contributed by atoms with Gasteiger partial charge < -0.3 is 9.30 Å². The predicted molar refractivity (Wildman–Crippen MR) is 117 cm³/mol. The van der Waals surface area contributed by atoms with Crippen molar-refractivity contribution in [3.8, 4) is 0 Å². The minimum atomic E-state index is -0.160. The van der Waals surface area contributed by atoms with Gasteiger partial charge in [0.2, 0.25) is 0 Å². The Hall–Kier alpha value is -1.01. The first-order valence-corrected chi connectivity index (χ1v) is 11.2. The van der Waals surface area contributed by atoms with Gasteiger partial charge in [-0.2, -0.15) is 0 Å². The van der Waals surface area contributed by atoms with E-state index in [1.54, 1.807) is 0 Å². The Balaban J connectivity index is 2.18. The first-order chi connectivity index (χ1) is 13.5. The fourth-order valence-corrected chi connectivity index (χ4v) is 4.17. The summed E-state index contributed by atoms with van der Waals surface area (Å²) in [6, 6.07) is 6.30. The average molecular weight is 449 g/mol. The number of hydrogen-bond acceptors (Lipinski definition) is 4. The summed E-state index contributed by atoms with van der Waals surface area (Å²) in [5.74, 6) is 2.31. The Labute approximate surface area is 181 Å². The van der Waals surface area contributed by atoms with Crippen LogP contribution in [-0.2, 0) is 23.0 Å². The number of alkyl halides is 3. The second-order valence-corrected chi connectivity index (χ2v) is 7.64. The van der Waals surface area contributed by atoms with Crippen molar-refractivity contribution in [3.63, 3.8) is 0 Å². The van der Waals surface area contributed by atoms with Crippen molar-refractivity contribution in [3.05, 3.63) is 29.6 Å². The lowest BCUT2D eigenvalue weighted by Gasteiger charge is -2.29. The van der Waals surface area contributed by atoms with Gasteiger partial charge in [-0.15, -0.1) is 34.8 Å². The summed E-state index contributed by atoms with van der Waals surface area (Å²) in [5, 5.41) is 0. The van der Waals surface area contributed by atoms with Gasteiger partial charge in [0.05, 0.1) is 17.6 Å². The van der Waals surface area contributed by atoms with Crippen molar-refractivity contribution in [1.29, 1.82) is 0 Å². The molecule has 1 heterocycles. The average Bonchev–Trinajstić information content (AvgIpc) is 2.98. The summed E-state index contributed by atoms with van der Waals surface area (Å²) < 4.78 is 7.06. The molecule has 156 valence electrons. The molecule has 2 aromatic rings.